The van der Waals surface area contributed by atoms with Crippen LogP contribution in [0.15, 0.2) is 29.1 Å². The van der Waals surface area contributed by atoms with Crippen molar-refractivity contribution in [1.29, 1.82) is 0 Å². The first-order valence-electron chi connectivity index (χ1n) is 10.0. The highest BCUT2D eigenvalue weighted by Crippen LogP contribution is 2.23. The summed E-state index contributed by atoms with van der Waals surface area (Å²) in [6.07, 6.45) is 5.65. The fourth-order valence-corrected chi connectivity index (χ4v) is 4.02. The summed E-state index contributed by atoms with van der Waals surface area (Å²) >= 11 is 0. The van der Waals surface area contributed by atoms with Crippen LogP contribution in [0, 0.1) is 6.92 Å². The number of H-pyrrole nitrogens is 1. The summed E-state index contributed by atoms with van der Waals surface area (Å²) in [4.78, 5) is 22.3. The number of nitrogens with one attached hydrogen (secondary N) is 1. The van der Waals surface area contributed by atoms with Gasteiger partial charge in [0.15, 0.2) is 0 Å². The molecule has 1 aliphatic rings. The summed E-state index contributed by atoms with van der Waals surface area (Å²) in [5, 5.41) is 0. The second-order valence-corrected chi connectivity index (χ2v) is 7.43. The molecule has 0 radical (unpaired) electrons. The average molecular weight is 370 g/mol. The number of methoxy groups -OCH3 is 1. The minimum atomic E-state index is -0.0293. The van der Waals surface area contributed by atoms with E-state index in [0.29, 0.717) is 18.3 Å². The van der Waals surface area contributed by atoms with E-state index in [1.54, 1.807) is 7.11 Å². The van der Waals surface area contributed by atoms with Gasteiger partial charge in [-0.1, -0.05) is 37.6 Å². The fraction of sp³-hybridized carbons (Fsp3) is 0.545. The van der Waals surface area contributed by atoms with Crippen molar-refractivity contribution in [3.8, 4) is 11.4 Å². The van der Waals surface area contributed by atoms with E-state index < -0.39 is 0 Å². The minimum absolute atomic E-state index is 0.0293. The van der Waals surface area contributed by atoms with Gasteiger partial charge in [0, 0.05) is 43.1 Å². The third-order valence-corrected chi connectivity index (χ3v) is 5.59. The van der Waals surface area contributed by atoms with Gasteiger partial charge in [0.2, 0.25) is 0 Å². The Kier molecular flexibility index (Phi) is 6.80. The van der Waals surface area contributed by atoms with Gasteiger partial charge < -0.3 is 9.72 Å². The maximum absolute atomic E-state index is 12.2. The molecule has 1 unspecified atom stereocenters. The zero-order valence-corrected chi connectivity index (χ0v) is 16.8. The molecule has 27 heavy (non-hydrogen) atoms. The SMILES string of the molecule is CCc1c(C)nc(-c2ccc(CN3CCCCC3CCOC)cc2)[nH]c1=O. The van der Waals surface area contributed by atoms with Crippen LogP contribution in [0.2, 0.25) is 0 Å². The maximum atomic E-state index is 12.2. The van der Waals surface area contributed by atoms with Gasteiger partial charge in [0.05, 0.1) is 0 Å². The van der Waals surface area contributed by atoms with Crippen LogP contribution in [-0.2, 0) is 17.7 Å². The van der Waals surface area contributed by atoms with Crippen molar-refractivity contribution in [3.63, 3.8) is 0 Å². The first kappa shape index (κ1) is 19.8. The molecule has 1 aromatic carbocycles. The summed E-state index contributed by atoms with van der Waals surface area (Å²) in [7, 11) is 1.78. The number of ether oxygens (including phenoxy) is 1. The lowest BCUT2D eigenvalue weighted by Gasteiger charge is -2.35. The molecule has 1 N–H and O–H groups in total. The van der Waals surface area contributed by atoms with E-state index in [4.69, 9.17) is 4.74 Å². The number of hydrogen-bond acceptors (Lipinski definition) is 4. The monoisotopic (exact) mass is 369 g/mol. The highest BCUT2D eigenvalue weighted by molar-refractivity contribution is 5.55. The molecule has 1 saturated heterocycles. The van der Waals surface area contributed by atoms with Crippen LogP contribution in [0.1, 0.15) is 49.4 Å². The molecule has 1 fully saturated rings. The van der Waals surface area contributed by atoms with Gasteiger partial charge in [-0.05, 0) is 44.7 Å². The van der Waals surface area contributed by atoms with Gasteiger partial charge in [-0.2, -0.15) is 0 Å². The highest BCUT2D eigenvalue weighted by atomic mass is 16.5. The molecule has 1 atom stereocenters. The Morgan fingerprint density at radius 3 is 2.70 bits per heavy atom. The molecular formula is C22H31N3O2. The molecule has 0 spiro atoms. The maximum Gasteiger partial charge on any atom is 0.254 e. The molecule has 146 valence electrons. The first-order chi connectivity index (χ1) is 13.1. The summed E-state index contributed by atoms with van der Waals surface area (Å²) in [5.41, 5.74) is 3.80. The van der Waals surface area contributed by atoms with Crippen LogP contribution < -0.4 is 5.56 Å². The Hall–Kier alpha value is -1.98. The summed E-state index contributed by atoms with van der Waals surface area (Å²) in [6.45, 7) is 6.83. The van der Waals surface area contributed by atoms with Gasteiger partial charge in [-0.25, -0.2) is 4.98 Å². The van der Waals surface area contributed by atoms with Gasteiger partial charge in [0.25, 0.3) is 5.56 Å². The summed E-state index contributed by atoms with van der Waals surface area (Å²) < 4.78 is 5.28. The minimum Gasteiger partial charge on any atom is -0.385 e. The van der Waals surface area contributed by atoms with Gasteiger partial charge in [-0.3, -0.25) is 9.69 Å². The number of aromatic amines is 1. The topological polar surface area (TPSA) is 58.2 Å². The molecule has 2 heterocycles. The smallest absolute Gasteiger partial charge is 0.254 e. The standard InChI is InChI=1S/C22H31N3O2/c1-4-20-16(2)23-21(24-22(20)26)18-10-8-17(9-11-18)15-25-13-6-5-7-19(25)12-14-27-3/h8-11,19H,4-7,12-15H2,1-3H3,(H,23,24,26). The lowest BCUT2D eigenvalue weighted by molar-refractivity contribution is 0.0974. The Morgan fingerprint density at radius 2 is 2.04 bits per heavy atom. The van der Waals surface area contributed by atoms with Gasteiger partial charge >= 0.3 is 0 Å². The number of aromatic nitrogens is 2. The number of hydrogen-bond donors (Lipinski definition) is 1. The van der Waals surface area contributed by atoms with Crippen molar-refractivity contribution in [2.75, 3.05) is 20.3 Å². The Labute approximate surface area is 161 Å². The summed E-state index contributed by atoms with van der Waals surface area (Å²) in [6, 6.07) is 9.04. The molecule has 2 aromatic rings. The van der Waals surface area contributed by atoms with E-state index in [1.807, 2.05) is 13.8 Å². The van der Waals surface area contributed by atoms with Crippen molar-refractivity contribution in [2.24, 2.45) is 0 Å². The van der Waals surface area contributed by atoms with Gasteiger partial charge in [0.1, 0.15) is 5.82 Å². The molecule has 0 aliphatic carbocycles. The van der Waals surface area contributed by atoms with E-state index in [0.717, 1.165) is 42.9 Å². The molecule has 1 aromatic heterocycles. The van der Waals surface area contributed by atoms with Crippen molar-refractivity contribution in [3.05, 3.63) is 51.4 Å². The second-order valence-electron chi connectivity index (χ2n) is 7.43. The molecular weight excluding hydrogens is 338 g/mol. The lowest BCUT2D eigenvalue weighted by atomic mass is 9.98. The van der Waals surface area contributed by atoms with Crippen molar-refractivity contribution in [2.45, 2.75) is 58.5 Å². The molecule has 5 heteroatoms. The lowest BCUT2D eigenvalue weighted by Crippen LogP contribution is -2.39. The Bertz CT molecular complexity index is 798. The number of nitrogens with zero attached hydrogens (tertiary/aromatic N) is 2. The van der Waals surface area contributed by atoms with E-state index >= 15 is 0 Å². The largest absolute Gasteiger partial charge is 0.385 e. The van der Waals surface area contributed by atoms with E-state index in [1.165, 1.54) is 24.8 Å². The number of likely N-dealkylation sites (tertiary alicyclic amines) is 1. The third kappa shape index (κ3) is 4.85. The molecule has 0 amide bonds. The van der Waals surface area contributed by atoms with Crippen LogP contribution in [0.5, 0.6) is 0 Å². The Balaban J connectivity index is 1.72. The summed E-state index contributed by atoms with van der Waals surface area (Å²) in [5.74, 6) is 0.650. The van der Waals surface area contributed by atoms with E-state index in [-0.39, 0.29) is 5.56 Å². The highest BCUT2D eigenvalue weighted by Gasteiger charge is 2.22. The second kappa shape index (κ2) is 9.29. The number of rotatable bonds is 7. The normalized spacial score (nSPS) is 18.0. The van der Waals surface area contributed by atoms with E-state index in [9.17, 15) is 4.79 Å². The van der Waals surface area contributed by atoms with Crippen LogP contribution in [0.4, 0.5) is 0 Å². The van der Waals surface area contributed by atoms with Crippen molar-refractivity contribution >= 4 is 0 Å². The molecule has 0 bridgehead atoms. The molecule has 3 rings (SSSR count). The number of aryl methyl sites for hydroxylation is 1. The number of benzene rings is 1. The fourth-order valence-electron chi connectivity index (χ4n) is 4.02. The third-order valence-electron chi connectivity index (χ3n) is 5.59. The quantitative estimate of drug-likeness (QED) is 0.808. The van der Waals surface area contributed by atoms with Crippen LogP contribution in [0.25, 0.3) is 11.4 Å². The van der Waals surface area contributed by atoms with Gasteiger partial charge in [-0.15, -0.1) is 0 Å². The molecule has 1 aliphatic heterocycles. The zero-order chi connectivity index (χ0) is 19.2. The predicted molar refractivity (Wildman–Crippen MR) is 109 cm³/mol. The van der Waals surface area contributed by atoms with E-state index in [2.05, 4.69) is 39.1 Å². The number of piperidine rings is 1. The van der Waals surface area contributed by atoms with Crippen LogP contribution >= 0.6 is 0 Å². The molecule has 0 saturated carbocycles. The zero-order valence-electron chi connectivity index (χ0n) is 16.8. The van der Waals surface area contributed by atoms with Crippen LogP contribution in [0.3, 0.4) is 0 Å². The average Bonchev–Trinajstić information content (AvgIpc) is 2.67. The predicted octanol–water partition coefficient (Wildman–Crippen LogP) is 3.70. The van der Waals surface area contributed by atoms with Crippen molar-refractivity contribution < 1.29 is 4.74 Å². The molecule has 5 nitrogen and oxygen atoms in total. The van der Waals surface area contributed by atoms with Crippen molar-refractivity contribution in [1.82, 2.24) is 14.9 Å². The van der Waals surface area contributed by atoms with Crippen LogP contribution in [-0.4, -0.2) is 41.2 Å². The first-order valence-corrected chi connectivity index (χ1v) is 10.0. The Morgan fingerprint density at radius 1 is 1.26 bits per heavy atom.